The molecule has 0 aliphatic carbocycles. The Morgan fingerprint density at radius 1 is 1.33 bits per heavy atom. The van der Waals surface area contributed by atoms with Gasteiger partial charge < -0.3 is 14.5 Å². The second kappa shape index (κ2) is 6.88. The van der Waals surface area contributed by atoms with Gasteiger partial charge in [0, 0.05) is 12.1 Å². The van der Waals surface area contributed by atoms with Crippen LogP contribution in [0.4, 0.5) is 5.69 Å². The van der Waals surface area contributed by atoms with Crippen LogP contribution in [0.25, 0.3) is 0 Å². The van der Waals surface area contributed by atoms with Crippen molar-refractivity contribution in [3.63, 3.8) is 0 Å². The summed E-state index contributed by atoms with van der Waals surface area (Å²) in [4.78, 5) is 17.0. The van der Waals surface area contributed by atoms with E-state index in [1.807, 2.05) is 30.3 Å². The zero-order valence-corrected chi connectivity index (χ0v) is 12.2. The lowest BCUT2D eigenvalue weighted by molar-refractivity contribution is -0.135. The summed E-state index contributed by atoms with van der Waals surface area (Å²) < 4.78 is 5.18. The Balaban J connectivity index is 2.11. The number of para-hydroxylation sites is 1. The fourth-order valence-electron chi connectivity index (χ4n) is 2.00. The number of carboxylic acid groups (broad SMARTS) is 1. The summed E-state index contributed by atoms with van der Waals surface area (Å²) in [5, 5.41) is 13.0. The summed E-state index contributed by atoms with van der Waals surface area (Å²) in [7, 11) is 0. The maximum atomic E-state index is 11.0. The van der Waals surface area contributed by atoms with Gasteiger partial charge in [0.1, 0.15) is 6.54 Å². The van der Waals surface area contributed by atoms with Crippen LogP contribution in [0.2, 0.25) is 0 Å². The van der Waals surface area contributed by atoms with Gasteiger partial charge in [0.25, 0.3) is 0 Å². The van der Waals surface area contributed by atoms with Crippen molar-refractivity contribution in [3.05, 3.63) is 42.0 Å². The molecule has 1 aromatic carbocycles. The number of hydrogen-bond donors (Lipinski definition) is 1. The van der Waals surface area contributed by atoms with E-state index in [0.29, 0.717) is 24.2 Å². The first-order chi connectivity index (χ1) is 10.0. The molecule has 0 aliphatic rings. The zero-order chi connectivity index (χ0) is 15.2. The van der Waals surface area contributed by atoms with Crippen molar-refractivity contribution >= 4 is 11.7 Å². The molecule has 0 aliphatic heterocycles. The van der Waals surface area contributed by atoms with Crippen molar-refractivity contribution < 1.29 is 14.4 Å². The predicted molar refractivity (Wildman–Crippen MR) is 78.0 cm³/mol. The molecule has 112 valence electrons. The van der Waals surface area contributed by atoms with Crippen LogP contribution in [0.1, 0.15) is 25.6 Å². The number of rotatable bonds is 7. The van der Waals surface area contributed by atoms with Crippen LogP contribution in [0.15, 0.2) is 34.9 Å². The Bertz CT molecular complexity index is 581. The van der Waals surface area contributed by atoms with E-state index in [1.54, 1.807) is 4.90 Å². The number of nitrogens with zero attached hydrogens (tertiary/aromatic N) is 3. The van der Waals surface area contributed by atoms with Crippen LogP contribution in [-0.4, -0.2) is 27.8 Å². The maximum absolute atomic E-state index is 11.0. The molecule has 0 atom stereocenters. The molecule has 2 aromatic rings. The first-order valence-corrected chi connectivity index (χ1v) is 6.88. The molecule has 1 heterocycles. The highest BCUT2D eigenvalue weighted by Crippen LogP contribution is 2.16. The van der Waals surface area contributed by atoms with E-state index in [4.69, 9.17) is 9.63 Å². The van der Waals surface area contributed by atoms with Crippen LogP contribution in [0.5, 0.6) is 0 Å². The molecular formula is C15H19N3O3. The summed E-state index contributed by atoms with van der Waals surface area (Å²) >= 11 is 0. The largest absolute Gasteiger partial charge is 0.480 e. The van der Waals surface area contributed by atoms with Crippen LogP contribution >= 0.6 is 0 Å². The van der Waals surface area contributed by atoms with Gasteiger partial charge in [-0.05, 0) is 18.1 Å². The molecule has 0 saturated carbocycles. The Morgan fingerprint density at radius 2 is 2.05 bits per heavy atom. The molecule has 2 rings (SSSR count). The van der Waals surface area contributed by atoms with Gasteiger partial charge in [-0.25, -0.2) is 0 Å². The molecule has 0 fully saturated rings. The van der Waals surface area contributed by atoms with Gasteiger partial charge in [0.2, 0.25) is 5.89 Å². The van der Waals surface area contributed by atoms with E-state index >= 15 is 0 Å². The van der Waals surface area contributed by atoms with Gasteiger partial charge in [-0.15, -0.1) is 0 Å². The Hall–Kier alpha value is -2.37. The highest BCUT2D eigenvalue weighted by molar-refractivity contribution is 5.73. The van der Waals surface area contributed by atoms with Crippen molar-refractivity contribution in [2.24, 2.45) is 5.92 Å². The van der Waals surface area contributed by atoms with Gasteiger partial charge in [-0.3, -0.25) is 4.79 Å². The first-order valence-electron chi connectivity index (χ1n) is 6.88. The van der Waals surface area contributed by atoms with Gasteiger partial charge in [0.15, 0.2) is 5.82 Å². The highest BCUT2D eigenvalue weighted by atomic mass is 16.5. The van der Waals surface area contributed by atoms with E-state index in [1.165, 1.54) is 0 Å². The Labute approximate surface area is 123 Å². The lowest BCUT2D eigenvalue weighted by atomic mass is 10.1. The van der Waals surface area contributed by atoms with Gasteiger partial charge in [-0.1, -0.05) is 37.2 Å². The molecule has 1 N–H and O–H groups in total. The van der Waals surface area contributed by atoms with E-state index in [9.17, 15) is 4.79 Å². The van der Waals surface area contributed by atoms with E-state index < -0.39 is 5.97 Å². The van der Waals surface area contributed by atoms with Crippen molar-refractivity contribution in [2.45, 2.75) is 26.8 Å². The quantitative estimate of drug-likeness (QED) is 0.843. The third-order valence-electron chi connectivity index (χ3n) is 2.87. The molecule has 6 heteroatoms. The molecule has 0 radical (unpaired) electrons. The monoisotopic (exact) mass is 289 g/mol. The van der Waals surface area contributed by atoms with Crippen LogP contribution in [0.3, 0.4) is 0 Å². The molecule has 0 saturated heterocycles. The second-order valence-electron chi connectivity index (χ2n) is 5.29. The average molecular weight is 289 g/mol. The van der Waals surface area contributed by atoms with Crippen LogP contribution < -0.4 is 4.90 Å². The minimum Gasteiger partial charge on any atom is -0.480 e. The maximum Gasteiger partial charge on any atom is 0.323 e. The first kappa shape index (κ1) is 15.0. The van der Waals surface area contributed by atoms with Crippen molar-refractivity contribution in [1.29, 1.82) is 0 Å². The standard InChI is InChI=1S/C15H19N3O3/c1-11(2)8-14-16-13(17-21-14)9-18(10-15(19)20)12-6-4-3-5-7-12/h3-7,11H,8-10H2,1-2H3,(H,19,20). The average Bonchev–Trinajstić information content (AvgIpc) is 2.85. The SMILES string of the molecule is CC(C)Cc1nc(CN(CC(=O)O)c2ccccc2)no1. The predicted octanol–water partition coefficient (Wildman–Crippen LogP) is 2.36. The number of aliphatic carboxylic acids is 1. The normalized spacial score (nSPS) is 10.8. The highest BCUT2D eigenvalue weighted by Gasteiger charge is 2.15. The summed E-state index contributed by atoms with van der Waals surface area (Å²) in [5.41, 5.74) is 0.815. The number of carbonyl (C=O) groups is 1. The van der Waals surface area contributed by atoms with Crippen molar-refractivity contribution in [1.82, 2.24) is 10.1 Å². The second-order valence-corrected chi connectivity index (χ2v) is 5.29. The molecule has 0 amide bonds. The molecule has 0 bridgehead atoms. The Kier molecular flexibility index (Phi) is 4.92. The number of anilines is 1. The summed E-state index contributed by atoms with van der Waals surface area (Å²) in [6, 6.07) is 9.34. The fourth-order valence-corrected chi connectivity index (χ4v) is 2.00. The number of carboxylic acids is 1. The minimum absolute atomic E-state index is 0.113. The fraction of sp³-hybridized carbons (Fsp3) is 0.400. The van der Waals surface area contributed by atoms with Crippen molar-refractivity contribution in [2.75, 3.05) is 11.4 Å². The van der Waals surface area contributed by atoms with Gasteiger partial charge in [-0.2, -0.15) is 4.98 Å². The zero-order valence-electron chi connectivity index (χ0n) is 12.2. The molecule has 1 aromatic heterocycles. The number of aromatic nitrogens is 2. The summed E-state index contributed by atoms with van der Waals surface area (Å²) in [5.74, 6) is 0.617. The van der Waals surface area contributed by atoms with E-state index in [0.717, 1.165) is 12.1 Å². The van der Waals surface area contributed by atoms with E-state index in [-0.39, 0.29) is 6.54 Å². The molecule has 6 nitrogen and oxygen atoms in total. The summed E-state index contributed by atoms with van der Waals surface area (Å²) in [6.07, 6.45) is 0.720. The van der Waals surface area contributed by atoms with E-state index in [2.05, 4.69) is 24.0 Å². The van der Waals surface area contributed by atoms with Gasteiger partial charge in [0.05, 0.1) is 6.54 Å². The minimum atomic E-state index is -0.898. The topological polar surface area (TPSA) is 79.5 Å². The number of hydrogen-bond acceptors (Lipinski definition) is 5. The smallest absolute Gasteiger partial charge is 0.323 e. The lowest BCUT2D eigenvalue weighted by Gasteiger charge is -2.20. The van der Waals surface area contributed by atoms with Crippen molar-refractivity contribution in [3.8, 4) is 0 Å². The molecule has 0 unspecified atom stereocenters. The molecule has 21 heavy (non-hydrogen) atoms. The van der Waals surface area contributed by atoms with Crippen LogP contribution in [0, 0.1) is 5.92 Å². The lowest BCUT2D eigenvalue weighted by Crippen LogP contribution is -2.29. The van der Waals surface area contributed by atoms with Gasteiger partial charge >= 0.3 is 5.97 Å². The molecular weight excluding hydrogens is 270 g/mol. The van der Waals surface area contributed by atoms with Crippen LogP contribution in [-0.2, 0) is 17.8 Å². The number of benzene rings is 1. The third kappa shape index (κ3) is 4.59. The third-order valence-corrected chi connectivity index (χ3v) is 2.87. The Morgan fingerprint density at radius 3 is 2.67 bits per heavy atom. The molecule has 0 spiro atoms. The summed E-state index contributed by atoms with van der Waals surface area (Å²) in [6.45, 7) is 4.34.